The number of carbonyl (C=O) groups is 1. The molecule has 0 bridgehead atoms. The van der Waals surface area contributed by atoms with Crippen LogP contribution in [0.25, 0.3) is 22.4 Å². The summed E-state index contributed by atoms with van der Waals surface area (Å²) in [5.41, 5.74) is 2.63. The fraction of sp³-hybridized carbons (Fsp3) is 0.333. The average Bonchev–Trinajstić information content (AvgIpc) is 3.09. The second-order valence-electron chi connectivity index (χ2n) is 6.15. The van der Waals surface area contributed by atoms with Crippen molar-refractivity contribution in [2.24, 2.45) is 7.05 Å². The van der Waals surface area contributed by atoms with Gasteiger partial charge in [0.15, 0.2) is 5.76 Å². The Morgan fingerprint density at radius 2 is 2.12 bits per heavy atom. The van der Waals surface area contributed by atoms with Gasteiger partial charge in [-0.25, -0.2) is 0 Å². The van der Waals surface area contributed by atoms with E-state index < -0.39 is 0 Å². The van der Waals surface area contributed by atoms with Crippen LogP contribution >= 0.6 is 0 Å². The summed E-state index contributed by atoms with van der Waals surface area (Å²) < 4.78 is 7.66. The van der Waals surface area contributed by atoms with Crippen LogP contribution in [0, 0.1) is 0 Å². The monoisotopic (exact) mass is 326 g/mol. The van der Waals surface area contributed by atoms with Gasteiger partial charge in [-0.05, 0) is 26.0 Å². The van der Waals surface area contributed by atoms with E-state index in [1.165, 1.54) is 0 Å². The molecule has 126 valence electrons. The van der Waals surface area contributed by atoms with Crippen LogP contribution in [0.15, 0.2) is 40.9 Å². The van der Waals surface area contributed by atoms with Crippen LogP contribution < -0.4 is 10.6 Å². The first-order chi connectivity index (χ1) is 11.5. The molecule has 2 N–H and O–H groups in total. The van der Waals surface area contributed by atoms with Crippen molar-refractivity contribution < 1.29 is 9.21 Å². The van der Waals surface area contributed by atoms with Crippen molar-refractivity contribution in [3.63, 3.8) is 0 Å². The predicted molar refractivity (Wildman–Crippen MR) is 93.4 cm³/mol. The van der Waals surface area contributed by atoms with Crippen LogP contribution in [-0.4, -0.2) is 28.3 Å². The molecule has 6 heteroatoms. The minimum absolute atomic E-state index is 0.0147. The summed E-state index contributed by atoms with van der Waals surface area (Å²) in [6.45, 7) is 4.70. The normalized spacial score (nSPS) is 11.3. The van der Waals surface area contributed by atoms with E-state index in [9.17, 15) is 4.79 Å². The van der Waals surface area contributed by atoms with E-state index in [0.29, 0.717) is 6.54 Å². The number of carbonyl (C=O) groups excluding carboxylic acids is 1. The molecular weight excluding hydrogens is 304 g/mol. The lowest BCUT2D eigenvalue weighted by atomic mass is 10.2. The highest BCUT2D eigenvalue weighted by atomic mass is 16.3. The third-order valence-corrected chi connectivity index (χ3v) is 3.61. The van der Waals surface area contributed by atoms with E-state index in [0.717, 1.165) is 28.0 Å². The number of benzene rings is 1. The zero-order chi connectivity index (χ0) is 17.1. The maximum absolute atomic E-state index is 11.7. The van der Waals surface area contributed by atoms with Gasteiger partial charge in [0.2, 0.25) is 5.91 Å². The van der Waals surface area contributed by atoms with E-state index >= 15 is 0 Å². The average molecular weight is 326 g/mol. The molecule has 0 fully saturated rings. The van der Waals surface area contributed by atoms with Crippen molar-refractivity contribution in [3.05, 3.63) is 42.1 Å². The highest BCUT2D eigenvalue weighted by Crippen LogP contribution is 2.28. The van der Waals surface area contributed by atoms with E-state index in [1.54, 1.807) is 4.68 Å². The first-order valence-corrected chi connectivity index (χ1v) is 8.04. The van der Waals surface area contributed by atoms with Crippen LogP contribution in [-0.2, 0) is 18.4 Å². The van der Waals surface area contributed by atoms with Crippen molar-refractivity contribution >= 4 is 16.9 Å². The number of nitrogens with one attached hydrogen (secondary N) is 2. The van der Waals surface area contributed by atoms with Crippen molar-refractivity contribution in [1.82, 2.24) is 20.4 Å². The molecule has 0 aliphatic carbocycles. The number of nitrogens with zero attached hydrogens (tertiary/aromatic N) is 2. The minimum Gasteiger partial charge on any atom is -0.454 e. The van der Waals surface area contributed by atoms with E-state index in [2.05, 4.69) is 15.7 Å². The summed E-state index contributed by atoms with van der Waals surface area (Å²) in [6.07, 6.45) is 1.94. The molecule has 2 aromatic heterocycles. The third-order valence-electron chi connectivity index (χ3n) is 3.61. The molecule has 1 amide bonds. The molecule has 0 radical (unpaired) electrons. The number of amides is 1. The van der Waals surface area contributed by atoms with Gasteiger partial charge in [-0.3, -0.25) is 9.48 Å². The molecule has 2 heterocycles. The van der Waals surface area contributed by atoms with Gasteiger partial charge < -0.3 is 15.1 Å². The van der Waals surface area contributed by atoms with Crippen LogP contribution in [0.5, 0.6) is 0 Å². The van der Waals surface area contributed by atoms with Gasteiger partial charge >= 0.3 is 0 Å². The molecule has 0 unspecified atom stereocenters. The predicted octanol–water partition coefficient (Wildman–Crippen LogP) is 2.45. The van der Waals surface area contributed by atoms with Crippen molar-refractivity contribution in [2.45, 2.75) is 26.4 Å². The third kappa shape index (κ3) is 3.65. The summed E-state index contributed by atoms with van der Waals surface area (Å²) in [4.78, 5) is 11.7. The lowest BCUT2D eigenvalue weighted by Crippen LogP contribution is -2.37. The molecule has 3 aromatic rings. The smallest absolute Gasteiger partial charge is 0.234 e. The van der Waals surface area contributed by atoms with Gasteiger partial charge in [0, 0.05) is 36.8 Å². The lowest BCUT2D eigenvalue weighted by molar-refractivity contribution is -0.120. The van der Waals surface area contributed by atoms with Gasteiger partial charge in [-0.15, -0.1) is 0 Å². The van der Waals surface area contributed by atoms with Gasteiger partial charge in [0.25, 0.3) is 0 Å². The molecule has 0 aliphatic heterocycles. The summed E-state index contributed by atoms with van der Waals surface area (Å²) in [7, 11) is 1.88. The molecule has 3 rings (SSSR count). The minimum atomic E-state index is -0.0147. The van der Waals surface area contributed by atoms with Crippen LogP contribution in [0.2, 0.25) is 0 Å². The Labute approximate surface area is 140 Å². The second kappa shape index (κ2) is 6.88. The Morgan fingerprint density at radius 1 is 1.33 bits per heavy atom. The second-order valence-corrected chi connectivity index (χ2v) is 6.15. The number of para-hydroxylation sites is 1. The number of hydrogen-bond acceptors (Lipinski definition) is 4. The quantitative estimate of drug-likeness (QED) is 0.730. The standard InChI is InChI=1S/C18H22N4O2/c1-12(2)20-17(23)10-19-9-14-11-22(3)21-18(14)16-8-13-6-4-5-7-15(13)24-16/h4-8,11-12,19H,9-10H2,1-3H3,(H,20,23). The fourth-order valence-corrected chi connectivity index (χ4v) is 2.66. The Kier molecular flexibility index (Phi) is 4.66. The molecule has 1 aromatic carbocycles. The molecule has 0 spiro atoms. The Hall–Kier alpha value is -2.60. The van der Waals surface area contributed by atoms with Gasteiger partial charge in [0.05, 0.1) is 6.54 Å². The van der Waals surface area contributed by atoms with Crippen LogP contribution in [0.4, 0.5) is 0 Å². The molecule has 24 heavy (non-hydrogen) atoms. The number of aryl methyl sites for hydroxylation is 1. The molecule has 0 saturated carbocycles. The largest absolute Gasteiger partial charge is 0.454 e. The van der Waals surface area contributed by atoms with E-state index in [4.69, 9.17) is 4.42 Å². The van der Waals surface area contributed by atoms with Gasteiger partial charge in [0.1, 0.15) is 11.3 Å². The van der Waals surface area contributed by atoms with E-state index in [-0.39, 0.29) is 18.5 Å². The van der Waals surface area contributed by atoms with Crippen molar-refractivity contribution in [3.8, 4) is 11.5 Å². The fourth-order valence-electron chi connectivity index (χ4n) is 2.66. The van der Waals surface area contributed by atoms with E-state index in [1.807, 2.05) is 57.4 Å². The first kappa shape index (κ1) is 16.3. The molecule has 0 saturated heterocycles. The zero-order valence-electron chi connectivity index (χ0n) is 14.2. The first-order valence-electron chi connectivity index (χ1n) is 8.04. The highest BCUT2D eigenvalue weighted by Gasteiger charge is 2.15. The maximum Gasteiger partial charge on any atom is 0.234 e. The number of aromatic nitrogens is 2. The van der Waals surface area contributed by atoms with Crippen molar-refractivity contribution in [1.29, 1.82) is 0 Å². The maximum atomic E-state index is 11.7. The summed E-state index contributed by atoms with van der Waals surface area (Å²) in [5.74, 6) is 0.722. The molecule has 0 atom stereocenters. The lowest BCUT2D eigenvalue weighted by Gasteiger charge is -2.08. The van der Waals surface area contributed by atoms with Gasteiger partial charge in [-0.2, -0.15) is 5.10 Å². The van der Waals surface area contributed by atoms with Crippen LogP contribution in [0.1, 0.15) is 19.4 Å². The molecule has 6 nitrogen and oxygen atoms in total. The number of rotatable bonds is 6. The summed E-state index contributed by atoms with van der Waals surface area (Å²) in [6, 6.07) is 10.0. The zero-order valence-corrected chi connectivity index (χ0v) is 14.2. The van der Waals surface area contributed by atoms with Crippen molar-refractivity contribution in [2.75, 3.05) is 6.54 Å². The van der Waals surface area contributed by atoms with Crippen LogP contribution in [0.3, 0.4) is 0 Å². The molecular formula is C18H22N4O2. The number of fused-ring (bicyclic) bond motifs is 1. The Balaban J connectivity index is 1.74. The Bertz CT molecular complexity index is 815. The summed E-state index contributed by atoms with van der Waals surface area (Å²) in [5, 5.41) is 11.6. The topological polar surface area (TPSA) is 72.1 Å². The Morgan fingerprint density at radius 3 is 2.88 bits per heavy atom. The number of furan rings is 1. The molecule has 0 aliphatic rings. The highest BCUT2D eigenvalue weighted by molar-refractivity contribution is 5.82. The SMILES string of the molecule is CC(C)NC(=O)CNCc1cn(C)nc1-c1cc2ccccc2o1. The summed E-state index contributed by atoms with van der Waals surface area (Å²) >= 11 is 0. The number of hydrogen-bond donors (Lipinski definition) is 2. The van der Waals surface area contributed by atoms with Gasteiger partial charge in [-0.1, -0.05) is 18.2 Å².